The molecule has 0 spiro atoms. The number of fused-ring (bicyclic) bond motifs is 2. The SMILES string of the molecule is CS(=O)(=O)N1CCCCCc2cc3c(C(=O)O)c(-c4ccc(F)cc4)nn3cc21. The van der Waals surface area contributed by atoms with Gasteiger partial charge in [-0.25, -0.2) is 22.1 Å². The molecular weight excluding hydrogens is 397 g/mol. The second kappa shape index (κ2) is 7.14. The topological polar surface area (TPSA) is 92.0 Å². The fourth-order valence-corrected chi connectivity index (χ4v) is 4.76. The van der Waals surface area contributed by atoms with Gasteiger partial charge < -0.3 is 5.11 Å². The number of aromatic nitrogens is 2. The zero-order valence-electron chi connectivity index (χ0n) is 15.8. The molecule has 1 N–H and O–H groups in total. The van der Waals surface area contributed by atoms with E-state index in [1.54, 1.807) is 12.3 Å². The van der Waals surface area contributed by atoms with Crippen molar-refractivity contribution < 1.29 is 22.7 Å². The van der Waals surface area contributed by atoms with Crippen LogP contribution in [0.2, 0.25) is 0 Å². The first-order valence-electron chi connectivity index (χ1n) is 9.28. The molecule has 0 fully saturated rings. The largest absolute Gasteiger partial charge is 0.478 e. The molecule has 0 aliphatic carbocycles. The molecule has 7 nitrogen and oxygen atoms in total. The van der Waals surface area contributed by atoms with Gasteiger partial charge in [-0.2, -0.15) is 5.10 Å². The van der Waals surface area contributed by atoms with Gasteiger partial charge in [0.2, 0.25) is 10.0 Å². The van der Waals surface area contributed by atoms with Crippen molar-refractivity contribution in [2.24, 2.45) is 0 Å². The van der Waals surface area contributed by atoms with Crippen LogP contribution in [0.1, 0.15) is 35.2 Å². The first-order valence-corrected chi connectivity index (χ1v) is 11.1. The van der Waals surface area contributed by atoms with Crippen molar-refractivity contribution in [3.05, 3.63) is 53.5 Å². The summed E-state index contributed by atoms with van der Waals surface area (Å²) in [6.45, 7) is 0.370. The fourth-order valence-electron chi connectivity index (χ4n) is 3.78. The summed E-state index contributed by atoms with van der Waals surface area (Å²) in [6.07, 6.45) is 5.93. The smallest absolute Gasteiger partial charge is 0.340 e. The number of anilines is 1. The third-order valence-electron chi connectivity index (χ3n) is 5.14. The van der Waals surface area contributed by atoms with Gasteiger partial charge in [0.05, 0.1) is 23.7 Å². The van der Waals surface area contributed by atoms with Gasteiger partial charge in [0.25, 0.3) is 0 Å². The van der Waals surface area contributed by atoms with Crippen molar-refractivity contribution >= 4 is 27.2 Å². The minimum atomic E-state index is -3.49. The Morgan fingerprint density at radius 2 is 1.90 bits per heavy atom. The highest BCUT2D eigenvalue weighted by atomic mass is 32.2. The Labute approximate surface area is 167 Å². The lowest BCUT2D eigenvalue weighted by Crippen LogP contribution is -2.32. The van der Waals surface area contributed by atoms with E-state index in [9.17, 15) is 22.7 Å². The molecule has 0 bridgehead atoms. The summed E-state index contributed by atoms with van der Waals surface area (Å²) in [6, 6.07) is 7.15. The fraction of sp³-hybridized carbons (Fsp3) is 0.300. The van der Waals surface area contributed by atoms with E-state index in [1.807, 2.05) is 0 Å². The molecule has 29 heavy (non-hydrogen) atoms. The predicted molar refractivity (Wildman–Crippen MR) is 107 cm³/mol. The van der Waals surface area contributed by atoms with E-state index < -0.39 is 21.8 Å². The van der Waals surface area contributed by atoms with Crippen molar-refractivity contribution in [3.63, 3.8) is 0 Å². The van der Waals surface area contributed by atoms with Gasteiger partial charge in [-0.1, -0.05) is 6.42 Å². The Kier molecular flexibility index (Phi) is 4.77. The molecule has 1 aliphatic heterocycles. The lowest BCUT2D eigenvalue weighted by Gasteiger charge is -2.27. The molecule has 1 aromatic carbocycles. The van der Waals surface area contributed by atoms with Crippen LogP contribution in [0.25, 0.3) is 16.8 Å². The lowest BCUT2D eigenvalue weighted by atomic mass is 10.0. The zero-order chi connectivity index (χ0) is 20.8. The second-order valence-electron chi connectivity index (χ2n) is 7.20. The molecule has 2 aromatic heterocycles. The number of aryl methyl sites for hydroxylation is 1. The van der Waals surface area contributed by atoms with Gasteiger partial charge in [0.15, 0.2) is 0 Å². The van der Waals surface area contributed by atoms with Crippen LogP contribution in [0, 0.1) is 5.82 Å². The average molecular weight is 417 g/mol. The molecule has 3 aromatic rings. The standard InChI is InChI=1S/C20H20FN3O4S/c1-29(27,28)24-10-4-2-3-5-14-11-16-18(20(25)26)19(22-23(16)12-17(14)24)13-6-8-15(21)9-7-13/h6-9,11-12H,2-5,10H2,1H3,(H,25,26). The van der Waals surface area contributed by atoms with Gasteiger partial charge in [-0.3, -0.25) is 4.31 Å². The summed E-state index contributed by atoms with van der Waals surface area (Å²) < 4.78 is 40.8. The summed E-state index contributed by atoms with van der Waals surface area (Å²) in [5.74, 6) is -1.58. The molecule has 152 valence electrons. The molecular formula is C20H20FN3O4S. The van der Waals surface area contributed by atoms with Crippen LogP contribution >= 0.6 is 0 Å². The highest BCUT2D eigenvalue weighted by molar-refractivity contribution is 7.92. The Morgan fingerprint density at radius 3 is 2.55 bits per heavy atom. The van der Waals surface area contributed by atoms with Crippen molar-refractivity contribution in [2.45, 2.75) is 25.7 Å². The number of aromatic carboxylic acids is 1. The van der Waals surface area contributed by atoms with Crippen molar-refractivity contribution in [1.82, 2.24) is 9.61 Å². The molecule has 0 radical (unpaired) electrons. The number of benzene rings is 1. The maximum atomic E-state index is 13.3. The molecule has 0 saturated carbocycles. The van der Waals surface area contributed by atoms with Crippen LogP contribution in [-0.2, 0) is 16.4 Å². The van der Waals surface area contributed by atoms with Crippen LogP contribution in [0.15, 0.2) is 36.5 Å². The molecule has 0 atom stereocenters. The van der Waals surface area contributed by atoms with Gasteiger partial charge in [-0.15, -0.1) is 0 Å². The van der Waals surface area contributed by atoms with E-state index in [-0.39, 0.29) is 11.3 Å². The predicted octanol–water partition coefficient (Wildman–Crippen LogP) is 3.33. The van der Waals surface area contributed by atoms with E-state index in [2.05, 4.69) is 5.10 Å². The Hall–Kier alpha value is -2.94. The third kappa shape index (κ3) is 3.57. The molecule has 4 rings (SSSR count). The van der Waals surface area contributed by atoms with Crippen LogP contribution in [0.4, 0.5) is 10.1 Å². The lowest BCUT2D eigenvalue weighted by molar-refractivity contribution is 0.0700. The zero-order valence-corrected chi connectivity index (χ0v) is 16.6. The van der Waals surface area contributed by atoms with Crippen LogP contribution in [0.5, 0.6) is 0 Å². The number of hydrogen-bond donors (Lipinski definition) is 1. The van der Waals surface area contributed by atoms with Gasteiger partial charge in [0, 0.05) is 12.1 Å². The maximum absolute atomic E-state index is 13.3. The van der Waals surface area contributed by atoms with E-state index >= 15 is 0 Å². The number of carboxylic acids is 1. The normalized spacial score (nSPS) is 15.0. The third-order valence-corrected chi connectivity index (χ3v) is 6.32. The highest BCUT2D eigenvalue weighted by Crippen LogP contribution is 2.33. The van der Waals surface area contributed by atoms with Gasteiger partial charge in [-0.05, 0) is 55.2 Å². The molecule has 0 saturated heterocycles. The minimum Gasteiger partial charge on any atom is -0.478 e. The van der Waals surface area contributed by atoms with Crippen LogP contribution in [-0.4, -0.2) is 41.9 Å². The average Bonchev–Trinajstić information content (AvgIpc) is 2.99. The van der Waals surface area contributed by atoms with Gasteiger partial charge >= 0.3 is 5.97 Å². The number of sulfonamides is 1. The first-order chi connectivity index (χ1) is 13.8. The number of carboxylic acid groups (broad SMARTS) is 1. The molecule has 0 unspecified atom stereocenters. The van der Waals surface area contributed by atoms with E-state index in [0.717, 1.165) is 31.1 Å². The Morgan fingerprint density at radius 1 is 1.17 bits per heavy atom. The monoisotopic (exact) mass is 417 g/mol. The molecule has 1 aliphatic rings. The first kappa shape index (κ1) is 19.4. The minimum absolute atomic E-state index is 0.00683. The summed E-state index contributed by atoms with van der Waals surface area (Å²) >= 11 is 0. The maximum Gasteiger partial charge on any atom is 0.340 e. The van der Waals surface area contributed by atoms with Crippen LogP contribution in [0.3, 0.4) is 0 Å². The summed E-state index contributed by atoms with van der Waals surface area (Å²) in [5, 5.41) is 14.2. The van der Waals surface area contributed by atoms with E-state index in [0.29, 0.717) is 29.7 Å². The highest BCUT2D eigenvalue weighted by Gasteiger charge is 2.26. The Bertz CT molecular complexity index is 1200. The summed E-state index contributed by atoms with van der Waals surface area (Å²) in [7, 11) is -3.49. The van der Waals surface area contributed by atoms with Crippen molar-refractivity contribution in [3.8, 4) is 11.3 Å². The summed E-state index contributed by atoms with van der Waals surface area (Å²) in [4.78, 5) is 12.0. The quantitative estimate of drug-likeness (QED) is 0.706. The molecule has 9 heteroatoms. The number of hydrogen-bond acceptors (Lipinski definition) is 4. The summed E-state index contributed by atoms with van der Waals surface area (Å²) in [5.41, 5.74) is 2.36. The van der Waals surface area contributed by atoms with Crippen molar-refractivity contribution in [2.75, 3.05) is 17.1 Å². The number of carbonyl (C=O) groups is 1. The molecule has 3 heterocycles. The Balaban J connectivity index is 1.98. The van der Waals surface area contributed by atoms with Crippen LogP contribution < -0.4 is 4.31 Å². The number of nitrogens with zero attached hydrogens (tertiary/aromatic N) is 3. The molecule has 0 amide bonds. The second-order valence-corrected chi connectivity index (χ2v) is 9.10. The number of rotatable bonds is 3. The van der Waals surface area contributed by atoms with Crippen molar-refractivity contribution in [1.29, 1.82) is 0 Å². The number of pyridine rings is 1. The van der Waals surface area contributed by atoms with E-state index in [4.69, 9.17) is 0 Å². The number of halogens is 1. The van der Waals surface area contributed by atoms with Gasteiger partial charge in [0.1, 0.15) is 17.1 Å². The van der Waals surface area contributed by atoms with E-state index in [1.165, 1.54) is 33.1 Å².